The molecule has 0 radical (unpaired) electrons. The molecular formula is C19H19N3O4S. The molecule has 2 heterocycles. The molecule has 27 heavy (non-hydrogen) atoms. The Morgan fingerprint density at radius 3 is 2.48 bits per heavy atom. The van der Waals surface area contributed by atoms with Crippen molar-refractivity contribution < 1.29 is 13.2 Å². The number of nitrogens with zero attached hydrogens (tertiary/aromatic N) is 2. The fraction of sp³-hybridized carbons (Fsp3) is 0.211. The van der Waals surface area contributed by atoms with Crippen LogP contribution in [0.1, 0.15) is 6.42 Å². The highest BCUT2D eigenvalue weighted by molar-refractivity contribution is 7.89. The summed E-state index contributed by atoms with van der Waals surface area (Å²) in [5.74, 6) is 0.605. The molecule has 1 aromatic heterocycles. The number of imidazole rings is 1. The van der Waals surface area contributed by atoms with Crippen molar-refractivity contribution in [1.82, 2.24) is 13.9 Å². The minimum atomic E-state index is -3.59. The molecule has 0 fully saturated rings. The molecule has 0 unspecified atom stereocenters. The van der Waals surface area contributed by atoms with Gasteiger partial charge in [-0.05, 0) is 42.5 Å². The van der Waals surface area contributed by atoms with Crippen LogP contribution in [0.4, 0.5) is 0 Å². The monoisotopic (exact) mass is 385 g/mol. The molecule has 4 rings (SSSR count). The Labute approximate surface area is 156 Å². The summed E-state index contributed by atoms with van der Waals surface area (Å²) in [5.41, 5.74) is 2.14. The predicted octanol–water partition coefficient (Wildman–Crippen LogP) is 2.27. The normalized spacial score (nSPS) is 15.7. The number of benzene rings is 2. The van der Waals surface area contributed by atoms with Gasteiger partial charge in [0.1, 0.15) is 5.75 Å². The number of ether oxygens (including phenoxy) is 1. The number of para-hydroxylation sites is 2. The smallest absolute Gasteiger partial charge is 0.330 e. The van der Waals surface area contributed by atoms with Gasteiger partial charge in [0.15, 0.2) is 0 Å². The van der Waals surface area contributed by atoms with Gasteiger partial charge in [-0.2, -0.15) is 4.31 Å². The lowest BCUT2D eigenvalue weighted by Crippen LogP contribution is -2.36. The van der Waals surface area contributed by atoms with Gasteiger partial charge >= 0.3 is 5.69 Å². The maximum atomic E-state index is 12.8. The van der Waals surface area contributed by atoms with Crippen LogP contribution in [0.2, 0.25) is 0 Å². The topological polar surface area (TPSA) is 84.4 Å². The lowest BCUT2D eigenvalue weighted by Gasteiger charge is -2.26. The molecule has 0 spiro atoms. The van der Waals surface area contributed by atoms with E-state index in [2.05, 4.69) is 4.98 Å². The molecular weight excluding hydrogens is 366 g/mol. The third kappa shape index (κ3) is 3.07. The van der Waals surface area contributed by atoms with Crippen molar-refractivity contribution in [2.24, 2.45) is 0 Å². The summed E-state index contributed by atoms with van der Waals surface area (Å²) in [4.78, 5) is 15.4. The van der Waals surface area contributed by atoms with Crippen molar-refractivity contribution in [2.45, 2.75) is 11.3 Å². The Balaban J connectivity index is 1.62. The van der Waals surface area contributed by atoms with Crippen LogP contribution in [0.25, 0.3) is 16.7 Å². The first kappa shape index (κ1) is 17.6. The van der Waals surface area contributed by atoms with Gasteiger partial charge in [-0.25, -0.2) is 13.2 Å². The summed E-state index contributed by atoms with van der Waals surface area (Å²) in [5, 5.41) is 0. The number of H-pyrrole nitrogens is 1. The van der Waals surface area contributed by atoms with Crippen LogP contribution in [0.3, 0.4) is 0 Å². The van der Waals surface area contributed by atoms with Crippen LogP contribution in [0.5, 0.6) is 5.75 Å². The van der Waals surface area contributed by atoms with Gasteiger partial charge in [-0.15, -0.1) is 0 Å². The van der Waals surface area contributed by atoms with Crippen LogP contribution in [-0.2, 0) is 10.0 Å². The molecule has 0 saturated carbocycles. The zero-order chi connectivity index (χ0) is 19.0. The van der Waals surface area contributed by atoms with E-state index in [0.29, 0.717) is 18.7 Å². The zero-order valence-electron chi connectivity index (χ0n) is 14.8. The quantitative estimate of drug-likeness (QED) is 0.747. The van der Waals surface area contributed by atoms with Crippen molar-refractivity contribution in [3.8, 4) is 5.75 Å². The molecule has 7 nitrogen and oxygen atoms in total. The highest BCUT2D eigenvalue weighted by Crippen LogP contribution is 2.25. The molecule has 1 N–H and O–H groups in total. The van der Waals surface area contributed by atoms with Crippen LogP contribution in [-0.4, -0.2) is 42.5 Å². The fourth-order valence-electron chi connectivity index (χ4n) is 3.30. The molecule has 1 aliphatic rings. The third-order valence-electron chi connectivity index (χ3n) is 4.72. The van der Waals surface area contributed by atoms with E-state index in [-0.39, 0.29) is 17.1 Å². The SMILES string of the molecule is COc1ccc(S(=O)(=O)N2CC=C(n3c(=O)[nH]c4ccccc43)CC2)cc1. The van der Waals surface area contributed by atoms with Gasteiger partial charge < -0.3 is 9.72 Å². The number of rotatable bonds is 4. The number of fused-ring (bicyclic) bond motifs is 1. The third-order valence-corrected chi connectivity index (χ3v) is 6.60. The number of sulfonamides is 1. The first-order valence-corrected chi connectivity index (χ1v) is 9.98. The largest absolute Gasteiger partial charge is 0.497 e. The second kappa shape index (κ2) is 6.71. The van der Waals surface area contributed by atoms with E-state index in [0.717, 1.165) is 16.7 Å². The van der Waals surface area contributed by atoms with Gasteiger partial charge in [-0.3, -0.25) is 4.57 Å². The Kier molecular flexibility index (Phi) is 4.37. The Hall–Kier alpha value is -2.84. The fourth-order valence-corrected chi connectivity index (χ4v) is 4.68. The predicted molar refractivity (Wildman–Crippen MR) is 103 cm³/mol. The second-order valence-corrected chi connectivity index (χ2v) is 8.20. The molecule has 0 atom stereocenters. The summed E-state index contributed by atoms with van der Waals surface area (Å²) in [6.07, 6.45) is 2.25. The van der Waals surface area contributed by atoms with Gasteiger partial charge in [0, 0.05) is 25.2 Å². The molecule has 2 aromatic carbocycles. The number of aromatic amines is 1. The van der Waals surface area contributed by atoms with E-state index in [4.69, 9.17) is 4.74 Å². The first-order chi connectivity index (χ1) is 13.0. The molecule has 140 valence electrons. The molecule has 0 saturated heterocycles. The van der Waals surface area contributed by atoms with E-state index < -0.39 is 10.0 Å². The highest BCUT2D eigenvalue weighted by Gasteiger charge is 2.27. The second-order valence-electron chi connectivity index (χ2n) is 6.27. The summed E-state index contributed by atoms with van der Waals surface area (Å²) >= 11 is 0. The van der Waals surface area contributed by atoms with Crippen molar-refractivity contribution in [3.63, 3.8) is 0 Å². The van der Waals surface area contributed by atoms with Crippen molar-refractivity contribution in [1.29, 1.82) is 0 Å². The van der Waals surface area contributed by atoms with Crippen molar-refractivity contribution in [3.05, 3.63) is 65.1 Å². The molecule has 0 bridgehead atoms. The van der Waals surface area contributed by atoms with E-state index in [9.17, 15) is 13.2 Å². The minimum Gasteiger partial charge on any atom is -0.497 e. The maximum Gasteiger partial charge on any atom is 0.330 e. The van der Waals surface area contributed by atoms with E-state index >= 15 is 0 Å². The van der Waals surface area contributed by atoms with E-state index in [1.165, 1.54) is 23.5 Å². The van der Waals surface area contributed by atoms with Crippen molar-refractivity contribution in [2.75, 3.05) is 20.2 Å². The number of hydrogen-bond donors (Lipinski definition) is 1. The molecule has 1 aliphatic heterocycles. The lowest BCUT2D eigenvalue weighted by atomic mass is 10.2. The summed E-state index contributed by atoms with van der Waals surface area (Å²) in [6, 6.07) is 13.8. The summed E-state index contributed by atoms with van der Waals surface area (Å²) in [7, 11) is -2.06. The molecule has 8 heteroatoms. The maximum absolute atomic E-state index is 12.8. The molecule has 3 aromatic rings. The van der Waals surface area contributed by atoms with E-state index in [1.54, 1.807) is 22.8 Å². The number of hydrogen-bond acceptors (Lipinski definition) is 4. The Morgan fingerprint density at radius 1 is 1.07 bits per heavy atom. The van der Waals surface area contributed by atoms with Crippen molar-refractivity contribution >= 4 is 26.8 Å². The molecule has 0 aliphatic carbocycles. The minimum absolute atomic E-state index is 0.214. The average molecular weight is 385 g/mol. The van der Waals surface area contributed by atoms with Gasteiger partial charge in [-0.1, -0.05) is 12.1 Å². The van der Waals surface area contributed by atoms with Crippen LogP contribution >= 0.6 is 0 Å². The number of nitrogens with one attached hydrogen (secondary N) is 1. The van der Waals surface area contributed by atoms with Crippen LogP contribution < -0.4 is 10.4 Å². The first-order valence-electron chi connectivity index (χ1n) is 8.54. The lowest BCUT2D eigenvalue weighted by molar-refractivity contribution is 0.414. The van der Waals surface area contributed by atoms with Gasteiger partial charge in [0.2, 0.25) is 10.0 Å². The summed E-state index contributed by atoms with van der Waals surface area (Å²) < 4.78 is 33.8. The average Bonchev–Trinajstić information content (AvgIpc) is 3.04. The Bertz CT molecular complexity index is 1170. The Morgan fingerprint density at radius 2 is 1.81 bits per heavy atom. The van der Waals surface area contributed by atoms with Crippen LogP contribution in [0, 0.1) is 0 Å². The number of aromatic nitrogens is 2. The summed E-state index contributed by atoms with van der Waals surface area (Å²) in [6.45, 7) is 0.530. The highest BCUT2D eigenvalue weighted by atomic mass is 32.2. The number of methoxy groups -OCH3 is 1. The molecule has 0 amide bonds. The standard InChI is InChI=1S/C19H19N3O4S/c1-26-15-6-8-16(9-7-15)27(24,25)21-12-10-14(11-13-21)22-18-5-3-2-4-17(18)20-19(22)23/h2-10H,11-13H2,1H3,(H,20,23). The van der Waals surface area contributed by atoms with E-state index in [1.807, 2.05) is 24.3 Å². The van der Waals surface area contributed by atoms with Gasteiger partial charge in [0.25, 0.3) is 0 Å². The van der Waals surface area contributed by atoms with Gasteiger partial charge in [0.05, 0.1) is 23.0 Å². The zero-order valence-corrected chi connectivity index (χ0v) is 15.6. The van der Waals surface area contributed by atoms with Crippen LogP contribution in [0.15, 0.2) is 64.3 Å².